The molecule has 0 aliphatic carbocycles. The van der Waals surface area contributed by atoms with Crippen LogP contribution in [0.2, 0.25) is 0 Å². The lowest BCUT2D eigenvalue weighted by Gasteiger charge is -2.19. The second kappa shape index (κ2) is 7.27. The van der Waals surface area contributed by atoms with Crippen molar-refractivity contribution in [2.75, 3.05) is 6.61 Å². The number of aryl methyl sites for hydroxylation is 1. The number of carbonyl (C=O) groups is 1. The van der Waals surface area contributed by atoms with Crippen LogP contribution in [0.5, 0.6) is 0 Å². The van der Waals surface area contributed by atoms with Crippen molar-refractivity contribution < 1.29 is 9.53 Å². The number of nitrogens with zero attached hydrogens (tertiary/aromatic N) is 1. The smallest absolute Gasteiger partial charge is 0.167 e. The summed E-state index contributed by atoms with van der Waals surface area (Å²) in [5.41, 5.74) is 2.01. The van der Waals surface area contributed by atoms with Crippen LogP contribution in [0, 0.1) is 5.92 Å². The largest absolute Gasteiger partial charge is 0.370 e. The lowest BCUT2D eigenvalue weighted by molar-refractivity contribution is -0.132. The highest BCUT2D eigenvalue weighted by Crippen LogP contribution is 2.11. The van der Waals surface area contributed by atoms with Crippen molar-refractivity contribution in [2.45, 2.75) is 46.6 Å². The fourth-order valence-corrected chi connectivity index (χ4v) is 1.88. The third-order valence-corrected chi connectivity index (χ3v) is 2.92. The number of carbonyl (C=O) groups excluding carboxylic acids is 1. The van der Waals surface area contributed by atoms with E-state index in [4.69, 9.17) is 4.74 Å². The van der Waals surface area contributed by atoms with E-state index < -0.39 is 0 Å². The first kappa shape index (κ1) is 14.8. The van der Waals surface area contributed by atoms with E-state index in [-0.39, 0.29) is 17.8 Å². The Morgan fingerprint density at radius 1 is 1.33 bits per heavy atom. The molecule has 0 radical (unpaired) electrons. The number of ether oxygens (including phenoxy) is 1. The molecule has 1 unspecified atom stereocenters. The molecule has 0 aliphatic rings. The fourth-order valence-electron chi connectivity index (χ4n) is 1.88. The SMILES string of the molecule is CCOC(C(=O)Cc1ccc(CC)cn1)C(C)C. The Balaban J connectivity index is 2.66. The number of hydrogen-bond acceptors (Lipinski definition) is 3. The van der Waals surface area contributed by atoms with Crippen LogP contribution in [-0.4, -0.2) is 23.5 Å². The zero-order valence-electron chi connectivity index (χ0n) is 11.8. The molecule has 0 fully saturated rings. The summed E-state index contributed by atoms with van der Waals surface area (Å²) in [6.07, 6.45) is 2.85. The lowest BCUT2D eigenvalue weighted by Crippen LogP contribution is -2.31. The zero-order chi connectivity index (χ0) is 13.5. The van der Waals surface area contributed by atoms with Gasteiger partial charge in [-0.1, -0.05) is 26.8 Å². The van der Waals surface area contributed by atoms with E-state index in [9.17, 15) is 4.79 Å². The molecule has 0 aliphatic heterocycles. The van der Waals surface area contributed by atoms with Gasteiger partial charge in [-0.05, 0) is 30.9 Å². The second-order valence-corrected chi connectivity index (χ2v) is 4.77. The van der Waals surface area contributed by atoms with Gasteiger partial charge in [-0.3, -0.25) is 9.78 Å². The quantitative estimate of drug-likeness (QED) is 0.746. The Morgan fingerprint density at radius 3 is 2.50 bits per heavy atom. The highest BCUT2D eigenvalue weighted by Gasteiger charge is 2.22. The molecule has 0 amide bonds. The Kier molecular flexibility index (Phi) is 5.99. The van der Waals surface area contributed by atoms with Gasteiger partial charge >= 0.3 is 0 Å². The Hall–Kier alpha value is -1.22. The summed E-state index contributed by atoms with van der Waals surface area (Å²) in [5, 5.41) is 0. The van der Waals surface area contributed by atoms with E-state index in [1.807, 2.05) is 39.1 Å². The van der Waals surface area contributed by atoms with Crippen LogP contribution < -0.4 is 0 Å². The van der Waals surface area contributed by atoms with Crippen LogP contribution in [0.1, 0.15) is 39.0 Å². The standard InChI is InChI=1S/C15H23NO2/c1-5-12-7-8-13(16-10-12)9-14(17)15(11(3)4)18-6-2/h7-8,10-11,15H,5-6,9H2,1-4H3. The van der Waals surface area contributed by atoms with Gasteiger partial charge in [-0.2, -0.15) is 0 Å². The topological polar surface area (TPSA) is 39.2 Å². The molecule has 0 spiro atoms. The third-order valence-electron chi connectivity index (χ3n) is 2.92. The number of Topliss-reactive ketones (excluding diaryl/α,β-unsaturated/α-hetero) is 1. The molecule has 0 N–H and O–H groups in total. The molecular formula is C15H23NO2. The summed E-state index contributed by atoms with van der Waals surface area (Å²) < 4.78 is 5.50. The monoisotopic (exact) mass is 249 g/mol. The molecule has 1 aromatic rings. The molecule has 0 aromatic carbocycles. The average Bonchev–Trinajstić information content (AvgIpc) is 2.36. The summed E-state index contributed by atoms with van der Waals surface area (Å²) >= 11 is 0. The van der Waals surface area contributed by atoms with E-state index in [1.54, 1.807) is 0 Å². The summed E-state index contributed by atoms with van der Waals surface area (Å²) in [5.74, 6) is 0.316. The molecule has 3 nitrogen and oxygen atoms in total. The van der Waals surface area contributed by atoms with Gasteiger partial charge in [0.05, 0.1) is 6.42 Å². The number of pyridine rings is 1. The number of aromatic nitrogens is 1. The van der Waals surface area contributed by atoms with Crippen molar-refractivity contribution in [2.24, 2.45) is 5.92 Å². The number of hydrogen-bond donors (Lipinski definition) is 0. The molecular weight excluding hydrogens is 226 g/mol. The predicted molar refractivity (Wildman–Crippen MR) is 72.6 cm³/mol. The Bertz CT molecular complexity index is 371. The summed E-state index contributed by atoms with van der Waals surface area (Å²) in [7, 11) is 0. The van der Waals surface area contributed by atoms with Gasteiger partial charge in [-0.15, -0.1) is 0 Å². The van der Waals surface area contributed by atoms with Crippen molar-refractivity contribution >= 4 is 5.78 Å². The highest BCUT2D eigenvalue weighted by atomic mass is 16.5. The molecule has 1 atom stereocenters. The van der Waals surface area contributed by atoms with Gasteiger partial charge in [0.1, 0.15) is 6.10 Å². The molecule has 1 heterocycles. The predicted octanol–water partition coefficient (Wildman–Crippen LogP) is 2.82. The van der Waals surface area contributed by atoms with E-state index in [1.165, 1.54) is 5.56 Å². The maximum absolute atomic E-state index is 12.1. The van der Waals surface area contributed by atoms with Gasteiger partial charge in [0.25, 0.3) is 0 Å². The van der Waals surface area contributed by atoms with Crippen molar-refractivity contribution in [3.63, 3.8) is 0 Å². The van der Waals surface area contributed by atoms with Gasteiger partial charge in [-0.25, -0.2) is 0 Å². The maximum atomic E-state index is 12.1. The summed E-state index contributed by atoms with van der Waals surface area (Å²) in [6.45, 7) is 8.58. The fraction of sp³-hybridized carbons (Fsp3) is 0.600. The van der Waals surface area contributed by atoms with Crippen molar-refractivity contribution in [3.8, 4) is 0 Å². The second-order valence-electron chi connectivity index (χ2n) is 4.77. The molecule has 3 heteroatoms. The Morgan fingerprint density at radius 2 is 2.06 bits per heavy atom. The average molecular weight is 249 g/mol. The summed E-state index contributed by atoms with van der Waals surface area (Å²) in [4.78, 5) is 16.4. The van der Waals surface area contributed by atoms with Gasteiger partial charge in [0, 0.05) is 18.5 Å². The van der Waals surface area contributed by atoms with Crippen LogP contribution in [0.4, 0.5) is 0 Å². The minimum atomic E-state index is -0.317. The first-order chi connectivity index (χ1) is 8.58. The van der Waals surface area contributed by atoms with Crippen molar-refractivity contribution in [1.29, 1.82) is 0 Å². The lowest BCUT2D eigenvalue weighted by atomic mass is 9.99. The third kappa shape index (κ3) is 4.22. The zero-order valence-corrected chi connectivity index (χ0v) is 11.8. The van der Waals surface area contributed by atoms with Crippen LogP contribution in [0.25, 0.3) is 0 Å². The van der Waals surface area contributed by atoms with Gasteiger partial charge in [0.2, 0.25) is 0 Å². The molecule has 1 aromatic heterocycles. The van der Waals surface area contributed by atoms with Crippen LogP contribution in [0.15, 0.2) is 18.3 Å². The normalized spacial score (nSPS) is 12.7. The molecule has 1 rings (SSSR count). The van der Waals surface area contributed by atoms with Crippen LogP contribution in [-0.2, 0) is 22.4 Å². The minimum absolute atomic E-state index is 0.114. The number of ketones is 1. The molecule has 0 saturated heterocycles. The van der Waals surface area contributed by atoms with E-state index >= 15 is 0 Å². The van der Waals surface area contributed by atoms with Crippen LogP contribution in [0.3, 0.4) is 0 Å². The minimum Gasteiger partial charge on any atom is -0.370 e. The first-order valence-corrected chi connectivity index (χ1v) is 6.66. The summed E-state index contributed by atoms with van der Waals surface area (Å²) in [6, 6.07) is 3.96. The molecule has 0 saturated carbocycles. The first-order valence-electron chi connectivity index (χ1n) is 6.66. The molecule has 18 heavy (non-hydrogen) atoms. The number of rotatable bonds is 7. The van der Waals surface area contributed by atoms with Gasteiger partial charge in [0.15, 0.2) is 5.78 Å². The molecule has 0 bridgehead atoms. The van der Waals surface area contributed by atoms with Crippen molar-refractivity contribution in [3.05, 3.63) is 29.6 Å². The van der Waals surface area contributed by atoms with E-state index in [2.05, 4.69) is 11.9 Å². The molecule has 100 valence electrons. The highest BCUT2D eigenvalue weighted by molar-refractivity contribution is 5.85. The van der Waals surface area contributed by atoms with E-state index in [0.717, 1.165) is 12.1 Å². The van der Waals surface area contributed by atoms with Gasteiger partial charge < -0.3 is 4.74 Å². The van der Waals surface area contributed by atoms with E-state index in [0.29, 0.717) is 13.0 Å². The Labute approximate surface area is 110 Å². The maximum Gasteiger partial charge on any atom is 0.167 e. The van der Waals surface area contributed by atoms with Crippen LogP contribution >= 0.6 is 0 Å². The van der Waals surface area contributed by atoms with Crippen molar-refractivity contribution in [1.82, 2.24) is 4.98 Å².